The SMILES string of the molecule is CC[C@@]1(c2ccccc2)NC(=O)N(CC(=O)N(CC(F)(F)F)[C@@H](C)C2CC2)C1=O. The van der Waals surface area contributed by atoms with Crippen LogP contribution < -0.4 is 5.32 Å². The lowest BCUT2D eigenvalue weighted by atomic mass is 9.87. The average Bonchev–Trinajstić information content (AvgIpc) is 3.49. The van der Waals surface area contributed by atoms with E-state index < -0.39 is 48.7 Å². The van der Waals surface area contributed by atoms with Gasteiger partial charge in [-0.2, -0.15) is 13.2 Å². The zero-order valence-electron chi connectivity index (χ0n) is 16.3. The summed E-state index contributed by atoms with van der Waals surface area (Å²) in [6, 6.07) is 7.22. The van der Waals surface area contributed by atoms with Crippen LogP contribution in [0.5, 0.6) is 0 Å². The molecule has 2 fully saturated rings. The van der Waals surface area contributed by atoms with Gasteiger partial charge >= 0.3 is 12.2 Å². The molecule has 158 valence electrons. The Kier molecular flexibility index (Phi) is 5.60. The molecular formula is C20H24F3N3O3. The van der Waals surface area contributed by atoms with Crippen LogP contribution in [0.25, 0.3) is 0 Å². The summed E-state index contributed by atoms with van der Waals surface area (Å²) in [5.74, 6) is -1.50. The fourth-order valence-electron chi connectivity index (χ4n) is 3.84. The summed E-state index contributed by atoms with van der Waals surface area (Å²) in [5, 5.41) is 2.63. The highest BCUT2D eigenvalue weighted by atomic mass is 19.4. The number of urea groups is 1. The quantitative estimate of drug-likeness (QED) is 0.702. The van der Waals surface area contributed by atoms with E-state index in [1.807, 2.05) is 0 Å². The van der Waals surface area contributed by atoms with Crippen LogP contribution in [-0.2, 0) is 15.1 Å². The second-order valence-corrected chi connectivity index (χ2v) is 7.66. The number of nitrogens with one attached hydrogen (secondary N) is 1. The molecule has 0 spiro atoms. The van der Waals surface area contributed by atoms with Crippen LogP contribution >= 0.6 is 0 Å². The molecule has 2 atom stereocenters. The van der Waals surface area contributed by atoms with Crippen molar-refractivity contribution in [2.45, 2.75) is 50.9 Å². The van der Waals surface area contributed by atoms with Crippen LogP contribution in [0, 0.1) is 5.92 Å². The Hall–Kier alpha value is -2.58. The Bertz CT molecular complexity index is 795. The van der Waals surface area contributed by atoms with Gasteiger partial charge in [-0.25, -0.2) is 4.79 Å². The van der Waals surface area contributed by atoms with Crippen LogP contribution in [0.1, 0.15) is 38.7 Å². The molecule has 0 unspecified atom stereocenters. The largest absolute Gasteiger partial charge is 0.406 e. The van der Waals surface area contributed by atoms with Gasteiger partial charge in [-0.05, 0) is 37.7 Å². The van der Waals surface area contributed by atoms with E-state index in [-0.39, 0.29) is 12.3 Å². The highest BCUT2D eigenvalue weighted by Gasteiger charge is 2.52. The van der Waals surface area contributed by atoms with E-state index in [1.165, 1.54) is 0 Å². The van der Waals surface area contributed by atoms with E-state index in [9.17, 15) is 27.6 Å². The van der Waals surface area contributed by atoms with E-state index in [0.717, 1.165) is 22.6 Å². The van der Waals surface area contributed by atoms with Crippen molar-refractivity contribution >= 4 is 17.8 Å². The summed E-state index contributed by atoms with van der Waals surface area (Å²) in [5.41, 5.74) is -0.760. The molecule has 1 aliphatic heterocycles. The standard InChI is InChI=1S/C20H24F3N3O3/c1-3-19(15-7-5-4-6-8-15)17(28)25(18(29)24-19)11-16(27)26(12-20(21,22)23)13(2)14-9-10-14/h4-8,13-14H,3,9-12H2,1-2H3,(H,24,29)/t13-,19-/m0/s1. The first-order chi connectivity index (χ1) is 13.6. The van der Waals surface area contributed by atoms with Gasteiger partial charge in [-0.3, -0.25) is 14.5 Å². The van der Waals surface area contributed by atoms with E-state index in [1.54, 1.807) is 44.2 Å². The number of alkyl halides is 3. The van der Waals surface area contributed by atoms with Gasteiger partial charge in [0.05, 0.1) is 0 Å². The minimum Gasteiger partial charge on any atom is -0.329 e. The number of halogens is 3. The maximum Gasteiger partial charge on any atom is 0.406 e. The molecule has 1 N–H and O–H groups in total. The van der Waals surface area contributed by atoms with E-state index in [0.29, 0.717) is 5.56 Å². The second kappa shape index (κ2) is 7.68. The summed E-state index contributed by atoms with van der Waals surface area (Å²) in [4.78, 5) is 39.8. The second-order valence-electron chi connectivity index (χ2n) is 7.66. The molecule has 9 heteroatoms. The van der Waals surface area contributed by atoms with Crippen molar-refractivity contribution in [2.75, 3.05) is 13.1 Å². The molecule has 2 aliphatic rings. The Morgan fingerprint density at radius 2 is 1.90 bits per heavy atom. The molecule has 1 aliphatic carbocycles. The number of imide groups is 1. The summed E-state index contributed by atoms with van der Waals surface area (Å²) in [6.07, 6.45) is -2.79. The topological polar surface area (TPSA) is 69.7 Å². The fraction of sp³-hybridized carbons (Fsp3) is 0.550. The third-order valence-corrected chi connectivity index (χ3v) is 5.73. The molecule has 6 nitrogen and oxygen atoms in total. The Morgan fingerprint density at radius 1 is 1.28 bits per heavy atom. The predicted molar refractivity (Wildman–Crippen MR) is 98.6 cm³/mol. The summed E-state index contributed by atoms with van der Waals surface area (Å²) in [7, 11) is 0. The average molecular weight is 411 g/mol. The van der Waals surface area contributed by atoms with Gasteiger partial charge in [0.1, 0.15) is 18.6 Å². The smallest absolute Gasteiger partial charge is 0.329 e. The summed E-state index contributed by atoms with van der Waals surface area (Å²) in [6.45, 7) is 1.19. The van der Waals surface area contributed by atoms with E-state index in [2.05, 4.69) is 5.32 Å². The predicted octanol–water partition coefficient (Wildman–Crippen LogP) is 3.03. The number of hydrogen-bond acceptors (Lipinski definition) is 3. The molecule has 3 rings (SSSR count). The van der Waals surface area contributed by atoms with Crippen LogP contribution in [-0.4, -0.2) is 53.0 Å². The van der Waals surface area contributed by atoms with Gasteiger partial charge in [0.15, 0.2) is 0 Å². The zero-order chi connectivity index (χ0) is 21.4. The van der Waals surface area contributed by atoms with Crippen molar-refractivity contribution in [3.05, 3.63) is 35.9 Å². The number of amides is 4. The molecule has 4 amide bonds. The lowest BCUT2D eigenvalue weighted by Gasteiger charge is -2.31. The van der Waals surface area contributed by atoms with Crippen molar-refractivity contribution in [1.82, 2.24) is 15.1 Å². The number of nitrogens with zero attached hydrogens (tertiary/aromatic N) is 2. The van der Waals surface area contributed by atoms with Crippen LogP contribution in [0.2, 0.25) is 0 Å². The van der Waals surface area contributed by atoms with Gasteiger partial charge in [-0.1, -0.05) is 37.3 Å². The molecule has 0 radical (unpaired) electrons. The Balaban J connectivity index is 1.81. The molecule has 0 aromatic heterocycles. The normalized spacial score (nSPS) is 23.1. The number of benzene rings is 1. The fourth-order valence-corrected chi connectivity index (χ4v) is 3.84. The van der Waals surface area contributed by atoms with Gasteiger partial charge in [0.2, 0.25) is 5.91 Å². The Labute approximate surface area is 167 Å². The van der Waals surface area contributed by atoms with Crippen molar-refractivity contribution in [3.63, 3.8) is 0 Å². The lowest BCUT2D eigenvalue weighted by Crippen LogP contribution is -2.50. The Morgan fingerprint density at radius 3 is 2.41 bits per heavy atom. The van der Waals surface area contributed by atoms with Gasteiger partial charge in [0.25, 0.3) is 5.91 Å². The lowest BCUT2D eigenvalue weighted by molar-refractivity contribution is -0.166. The molecule has 0 bridgehead atoms. The van der Waals surface area contributed by atoms with Crippen LogP contribution in [0.15, 0.2) is 30.3 Å². The first-order valence-electron chi connectivity index (χ1n) is 9.65. The number of carbonyl (C=O) groups is 3. The van der Waals surface area contributed by atoms with Gasteiger partial charge in [-0.15, -0.1) is 0 Å². The van der Waals surface area contributed by atoms with Gasteiger partial charge in [0, 0.05) is 6.04 Å². The third-order valence-electron chi connectivity index (χ3n) is 5.73. The van der Waals surface area contributed by atoms with E-state index in [4.69, 9.17) is 0 Å². The molecule has 1 heterocycles. The van der Waals surface area contributed by atoms with Crippen molar-refractivity contribution in [2.24, 2.45) is 5.92 Å². The van der Waals surface area contributed by atoms with Crippen LogP contribution in [0.3, 0.4) is 0 Å². The molecule has 1 saturated carbocycles. The summed E-state index contributed by atoms with van der Waals surface area (Å²) < 4.78 is 39.1. The maximum atomic E-state index is 13.1. The van der Waals surface area contributed by atoms with E-state index >= 15 is 0 Å². The molecular weight excluding hydrogens is 387 g/mol. The number of carbonyl (C=O) groups excluding carboxylic acids is 3. The monoisotopic (exact) mass is 411 g/mol. The summed E-state index contributed by atoms with van der Waals surface area (Å²) >= 11 is 0. The first-order valence-corrected chi connectivity index (χ1v) is 9.65. The highest BCUT2D eigenvalue weighted by Crippen LogP contribution is 2.37. The maximum absolute atomic E-state index is 13.1. The minimum atomic E-state index is -4.56. The van der Waals surface area contributed by atoms with Crippen molar-refractivity contribution in [1.29, 1.82) is 0 Å². The molecule has 1 saturated heterocycles. The van der Waals surface area contributed by atoms with Crippen molar-refractivity contribution in [3.8, 4) is 0 Å². The number of rotatable bonds is 7. The van der Waals surface area contributed by atoms with Crippen LogP contribution in [0.4, 0.5) is 18.0 Å². The van der Waals surface area contributed by atoms with Crippen molar-refractivity contribution < 1.29 is 27.6 Å². The number of hydrogen-bond donors (Lipinski definition) is 1. The third kappa shape index (κ3) is 4.23. The zero-order valence-corrected chi connectivity index (χ0v) is 16.3. The molecule has 1 aromatic rings. The first kappa shape index (κ1) is 21.1. The highest BCUT2D eigenvalue weighted by molar-refractivity contribution is 6.09. The molecule has 29 heavy (non-hydrogen) atoms. The van der Waals surface area contributed by atoms with Gasteiger partial charge < -0.3 is 10.2 Å². The minimum absolute atomic E-state index is 0.0171. The molecule has 1 aromatic carbocycles.